The number of hydrogen-bond donors (Lipinski definition) is 7. The van der Waals surface area contributed by atoms with Crippen molar-refractivity contribution in [2.24, 2.45) is 17.4 Å². The molecule has 0 saturated heterocycles. The van der Waals surface area contributed by atoms with Crippen LogP contribution in [0.3, 0.4) is 0 Å². The molecule has 2 amide bonds. The highest BCUT2D eigenvalue weighted by Gasteiger charge is 2.20. The zero-order valence-electron chi connectivity index (χ0n) is 26.5. The highest BCUT2D eigenvalue weighted by atomic mass is 19.2. The van der Waals surface area contributed by atoms with Crippen molar-refractivity contribution in [2.75, 3.05) is 32.1 Å². The number of halogens is 2. The molecule has 2 atom stereocenters. The van der Waals surface area contributed by atoms with E-state index in [9.17, 15) is 18.4 Å². The average molecular weight is 651 g/mol. The Morgan fingerprint density at radius 3 is 2.57 bits per heavy atom. The van der Waals surface area contributed by atoms with Crippen molar-refractivity contribution in [1.82, 2.24) is 30.3 Å². The molecule has 2 aromatic heterocycles. The molecule has 0 aliphatic carbocycles. The summed E-state index contributed by atoms with van der Waals surface area (Å²) in [5.74, 6) is -2.64. The van der Waals surface area contributed by atoms with Crippen molar-refractivity contribution in [3.63, 3.8) is 0 Å². The lowest BCUT2D eigenvalue weighted by Gasteiger charge is -2.17. The maximum atomic E-state index is 14.8. The Labute approximate surface area is 271 Å². The van der Waals surface area contributed by atoms with Crippen molar-refractivity contribution in [1.29, 1.82) is 5.41 Å². The van der Waals surface area contributed by atoms with Crippen molar-refractivity contribution in [2.45, 2.75) is 39.2 Å². The Morgan fingerprint density at radius 2 is 1.85 bits per heavy atom. The molecule has 13 nitrogen and oxygen atoms in total. The summed E-state index contributed by atoms with van der Waals surface area (Å²) in [6, 6.07) is 7.42. The number of guanidine groups is 1. The number of anilines is 2. The number of nitrogens with one attached hydrogen (secondary N) is 5. The fourth-order valence-electron chi connectivity index (χ4n) is 4.93. The first-order valence-corrected chi connectivity index (χ1v) is 15.2. The van der Waals surface area contributed by atoms with Gasteiger partial charge in [0.2, 0.25) is 11.7 Å². The lowest BCUT2D eigenvalue weighted by molar-refractivity contribution is -0.122. The summed E-state index contributed by atoms with van der Waals surface area (Å²) in [5.41, 5.74) is 13.9. The van der Waals surface area contributed by atoms with Gasteiger partial charge in [-0.1, -0.05) is 13.8 Å². The lowest BCUT2D eigenvalue weighted by atomic mass is 10.0. The Morgan fingerprint density at radius 1 is 1.09 bits per heavy atom. The third kappa shape index (κ3) is 8.49. The first-order chi connectivity index (χ1) is 22.5. The number of fused-ring (bicyclic) bond motifs is 1. The molecule has 4 rings (SSSR count). The van der Waals surface area contributed by atoms with E-state index in [0.29, 0.717) is 67.3 Å². The van der Waals surface area contributed by atoms with E-state index in [1.54, 1.807) is 22.7 Å². The van der Waals surface area contributed by atoms with Gasteiger partial charge in [0.15, 0.2) is 29.0 Å². The predicted octanol–water partition coefficient (Wildman–Crippen LogP) is 3.06. The van der Waals surface area contributed by atoms with Crippen molar-refractivity contribution in [3.05, 3.63) is 71.7 Å². The zero-order chi connectivity index (χ0) is 34.1. The molecule has 250 valence electrons. The maximum Gasteiger partial charge on any atom is 0.251 e. The van der Waals surface area contributed by atoms with Crippen LogP contribution in [0.1, 0.15) is 42.6 Å². The third-order valence-corrected chi connectivity index (χ3v) is 7.54. The summed E-state index contributed by atoms with van der Waals surface area (Å²) in [6.45, 7) is 4.99. The molecule has 0 aliphatic heterocycles. The minimum atomic E-state index is -1.09. The number of amides is 2. The average Bonchev–Trinajstić information content (AvgIpc) is 3.50. The Bertz CT molecular complexity index is 1750. The summed E-state index contributed by atoms with van der Waals surface area (Å²) in [4.78, 5) is 34.2. The number of rotatable bonds is 15. The van der Waals surface area contributed by atoms with E-state index in [-0.39, 0.29) is 35.0 Å². The van der Waals surface area contributed by atoms with Crippen LogP contribution < -0.4 is 37.5 Å². The van der Waals surface area contributed by atoms with Gasteiger partial charge in [-0.05, 0) is 61.1 Å². The largest absolute Gasteiger partial charge is 0.494 e. The van der Waals surface area contributed by atoms with E-state index in [0.717, 1.165) is 5.56 Å². The third-order valence-electron chi connectivity index (χ3n) is 7.54. The fraction of sp³-hybridized carbons (Fsp3) is 0.344. The molecule has 2 aromatic carbocycles. The van der Waals surface area contributed by atoms with Crippen LogP contribution >= 0.6 is 0 Å². The van der Waals surface area contributed by atoms with Crippen molar-refractivity contribution >= 4 is 34.9 Å². The molecule has 1 unspecified atom stereocenters. The van der Waals surface area contributed by atoms with Gasteiger partial charge in [0, 0.05) is 48.8 Å². The normalized spacial score (nSPS) is 12.3. The van der Waals surface area contributed by atoms with Crippen LogP contribution in [0.25, 0.3) is 16.9 Å². The maximum absolute atomic E-state index is 14.8. The summed E-state index contributed by atoms with van der Waals surface area (Å²) in [5, 5.41) is 18.8. The van der Waals surface area contributed by atoms with E-state index >= 15 is 0 Å². The lowest BCUT2D eigenvalue weighted by Crippen LogP contribution is -2.44. The quantitative estimate of drug-likeness (QED) is 0.0574. The summed E-state index contributed by atoms with van der Waals surface area (Å²) in [6.07, 6.45) is 6.18. The molecular weight excluding hydrogens is 610 g/mol. The number of aromatic nitrogens is 3. The van der Waals surface area contributed by atoms with Crippen LogP contribution in [0.2, 0.25) is 0 Å². The van der Waals surface area contributed by atoms with Crippen LogP contribution in [0.5, 0.6) is 5.75 Å². The van der Waals surface area contributed by atoms with E-state index in [4.69, 9.17) is 21.6 Å². The number of aryl methyl sites for hydroxylation is 1. The predicted molar refractivity (Wildman–Crippen MR) is 176 cm³/mol. The number of benzene rings is 2. The molecule has 0 aliphatic rings. The molecule has 0 fully saturated rings. The van der Waals surface area contributed by atoms with Gasteiger partial charge in [0.1, 0.15) is 0 Å². The van der Waals surface area contributed by atoms with Crippen molar-refractivity contribution < 1.29 is 23.1 Å². The number of methoxy groups -OCH3 is 1. The number of carbonyl (C=O) groups excluding carboxylic acids is 2. The van der Waals surface area contributed by atoms with Crippen LogP contribution in [0.4, 0.5) is 20.3 Å². The van der Waals surface area contributed by atoms with Crippen molar-refractivity contribution in [3.8, 4) is 17.0 Å². The van der Waals surface area contributed by atoms with Crippen LogP contribution in [-0.4, -0.2) is 64.9 Å². The second kappa shape index (κ2) is 15.8. The van der Waals surface area contributed by atoms with Crippen LogP contribution in [0, 0.1) is 23.0 Å². The smallest absolute Gasteiger partial charge is 0.251 e. The van der Waals surface area contributed by atoms with Gasteiger partial charge >= 0.3 is 0 Å². The Kier molecular flexibility index (Phi) is 11.6. The van der Waals surface area contributed by atoms with Gasteiger partial charge in [-0.3, -0.25) is 19.4 Å². The standard InChI is InChI=1S/C32H40F2N10O3/c1-4-19-14-20(7-8-21(19)30(45)41-15-18(2)16-42-31(46)23(35)6-5-11-39-32(36)37)43-28-29-40-17-24(44(29)13-12-38-28)22-9-10-25(47-3)27(34)26(22)33/h7-10,12-14,17-18,23H,4-6,11,15-16,35H2,1-3H3,(H,38,43)(H,41,45)(H,42,46)(H4,36,37,39)/t18?,23-/m0/s1. The minimum absolute atomic E-state index is 0.0205. The monoisotopic (exact) mass is 650 g/mol. The molecule has 9 N–H and O–H groups in total. The van der Waals surface area contributed by atoms with Crippen LogP contribution in [-0.2, 0) is 11.2 Å². The summed E-state index contributed by atoms with van der Waals surface area (Å²) < 4.78 is 35.7. The second-order valence-electron chi connectivity index (χ2n) is 11.1. The van der Waals surface area contributed by atoms with Gasteiger partial charge in [-0.25, -0.2) is 14.4 Å². The molecule has 15 heteroatoms. The van der Waals surface area contributed by atoms with Gasteiger partial charge in [0.05, 0.1) is 25.0 Å². The molecule has 2 heterocycles. The van der Waals surface area contributed by atoms with E-state index < -0.39 is 17.7 Å². The summed E-state index contributed by atoms with van der Waals surface area (Å²) in [7, 11) is 1.27. The molecule has 0 spiro atoms. The molecule has 47 heavy (non-hydrogen) atoms. The highest BCUT2D eigenvalue weighted by molar-refractivity contribution is 5.96. The summed E-state index contributed by atoms with van der Waals surface area (Å²) >= 11 is 0. The van der Waals surface area contributed by atoms with Crippen LogP contribution in [0.15, 0.2) is 48.9 Å². The highest BCUT2D eigenvalue weighted by Crippen LogP contribution is 2.31. The Hall–Kier alpha value is -5.31. The number of imidazole rings is 1. The number of carbonyl (C=O) groups is 2. The minimum Gasteiger partial charge on any atom is -0.494 e. The first kappa shape index (κ1) is 34.6. The molecular formula is C32H40F2N10O3. The van der Waals surface area contributed by atoms with E-state index in [2.05, 4.69) is 31.2 Å². The number of nitrogens with two attached hydrogens (primary N) is 2. The molecule has 4 aromatic rings. The zero-order valence-corrected chi connectivity index (χ0v) is 26.5. The van der Waals surface area contributed by atoms with E-state index in [1.165, 1.54) is 31.6 Å². The van der Waals surface area contributed by atoms with Gasteiger partial charge in [-0.15, -0.1) is 0 Å². The van der Waals surface area contributed by atoms with Gasteiger partial charge in [0.25, 0.3) is 5.91 Å². The second-order valence-corrected chi connectivity index (χ2v) is 11.1. The SMILES string of the molecule is CCc1cc(Nc2nccn3c(-c4ccc(OC)c(F)c4F)cnc23)ccc1C(=O)NCC(C)CNC(=O)[C@@H](N)CCCNC(=N)N. The Balaban J connectivity index is 1.37. The number of nitrogens with zero attached hydrogens (tertiary/aromatic N) is 3. The van der Waals surface area contributed by atoms with E-state index in [1.807, 2.05) is 19.9 Å². The molecule has 0 bridgehead atoms. The molecule has 0 radical (unpaired) electrons. The molecule has 0 saturated carbocycles. The van der Waals surface area contributed by atoms with Gasteiger partial charge in [-0.2, -0.15) is 4.39 Å². The fourth-order valence-corrected chi connectivity index (χ4v) is 4.93. The van der Waals surface area contributed by atoms with Gasteiger partial charge < -0.3 is 37.5 Å². The topological polar surface area (TPSA) is 198 Å². The number of ether oxygens (including phenoxy) is 1. The number of hydrogen-bond acceptors (Lipinski definition) is 8. The first-order valence-electron chi connectivity index (χ1n) is 15.2.